The lowest BCUT2D eigenvalue weighted by Crippen LogP contribution is -2.32. The van der Waals surface area contributed by atoms with Crippen LogP contribution in [0.5, 0.6) is 5.75 Å². The van der Waals surface area contributed by atoms with E-state index in [1.165, 1.54) is 0 Å². The number of nitrogens with zero attached hydrogens (tertiary/aromatic N) is 3. The lowest BCUT2D eigenvalue weighted by Gasteiger charge is -2.11. The molecule has 1 unspecified atom stereocenters. The van der Waals surface area contributed by atoms with Gasteiger partial charge in [0.15, 0.2) is 0 Å². The predicted molar refractivity (Wildman–Crippen MR) is 140 cm³/mol. The highest BCUT2D eigenvalue weighted by Gasteiger charge is 2.19. The normalized spacial score (nSPS) is 15.5. The van der Waals surface area contributed by atoms with Gasteiger partial charge in [-0.1, -0.05) is 31.5 Å². The number of rotatable bonds is 10. The number of benzene rings is 2. The fourth-order valence-electron chi connectivity index (χ4n) is 4.13. The number of nitrogens with one attached hydrogen (secondary N) is 1. The molecule has 0 spiro atoms. The molecule has 1 saturated heterocycles. The highest BCUT2D eigenvalue weighted by Crippen LogP contribution is 2.30. The van der Waals surface area contributed by atoms with Crippen LogP contribution in [0.1, 0.15) is 43.7 Å². The first-order valence-electron chi connectivity index (χ1n) is 12.5. The van der Waals surface area contributed by atoms with Crippen LogP contribution < -0.4 is 10.1 Å². The molecule has 1 amide bonds. The number of nitriles is 1. The SMILES string of the molecule is CCCCOc1ccc(-c2nn(-c3ccccc3)cc2C=C(C#N)C(=O)NCC2CCCO2)cc1C. The van der Waals surface area contributed by atoms with Crippen molar-refractivity contribution in [1.29, 1.82) is 5.26 Å². The van der Waals surface area contributed by atoms with Crippen molar-refractivity contribution in [3.8, 4) is 28.8 Å². The summed E-state index contributed by atoms with van der Waals surface area (Å²) in [4.78, 5) is 12.8. The first-order valence-corrected chi connectivity index (χ1v) is 12.5. The summed E-state index contributed by atoms with van der Waals surface area (Å²) in [5.41, 5.74) is 4.16. The van der Waals surface area contributed by atoms with Crippen LogP contribution in [0.15, 0.2) is 60.3 Å². The molecular formula is C29H32N4O3. The predicted octanol–water partition coefficient (Wildman–Crippen LogP) is 5.23. The van der Waals surface area contributed by atoms with E-state index in [2.05, 4.69) is 18.3 Å². The summed E-state index contributed by atoms with van der Waals surface area (Å²) in [5, 5.41) is 17.4. The average Bonchev–Trinajstić information content (AvgIpc) is 3.58. The maximum atomic E-state index is 12.8. The fraction of sp³-hybridized carbons (Fsp3) is 0.345. The average molecular weight is 485 g/mol. The maximum Gasteiger partial charge on any atom is 0.262 e. The number of aromatic nitrogens is 2. The number of hydrogen-bond acceptors (Lipinski definition) is 5. The van der Waals surface area contributed by atoms with Gasteiger partial charge in [-0.25, -0.2) is 4.68 Å². The molecule has 0 radical (unpaired) electrons. The van der Waals surface area contributed by atoms with E-state index in [0.29, 0.717) is 31.0 Å². The Balaban J connectivity index is 1.66. The Morgan fingerprint density at radius 2 is 2.14 bits per heavy atom. The largest absolute Gasteiger partial charge is 0.493 e. The van der Waals surface area contributed by atoms with Crippen molar-refractivity contribution >= 4 is 12.0 Å². The monoisotopic (exact) mass is 484 g/mol. The molecule has 36 heavy (non-hydrogen) atoms. The molecule has 1 atom stereocenters. The van der Waals surface area contributed by atoms with Gasteiger partial charge in [0.25, 0.3) is 5.91 Å². The molecule has 2 aromatic carbocycles. The molecule has 4 rings (SSSR count). The van der Waals surface area contributed by atoms with Crippen LogP contribution in [0.4, 0.5) is 0 Å². The van der Waals surface area contributed by atoms with Gasteiger partial charge < -0.3 is 14.8 Å². The number of aryl methyl sites for hydroxylation is 1. The van der Waals surface area contributed by atoms with Gasteiger partial charge in [-0.3, -0.25) is 4.79 Å². The molecule has 1 N–H and O–H groups in total. The smallest absolute Gasteiger partial charge is 0.262 e. The van der Waals surface area contributed by atoms with Gasteiger partial charge in [0.2, 0.25) is 0 Å². The molecule has 7 nitrogen and oxygen atoms in total. The minimum atomic E-state index is -0.415. The summed E-state index contributed by atoms with van der Waals surface area (Å²) in [6.07, 6.45) is 7.44. The second-order valence-electron chi connectivity index (χ2n) is 8.91. The van der Waals surface area contributed by atoms with Crippen molar-refractivity contribution in [2.75, 3.05) is 19.8 Å². The number of carbonyl (C=O) groups excluding carboxylic acids is 1. The number of ether oxygens (including phenoxy) is 2. The highest BCUT2D eigenvalue weighted by molar-refractivity contribution is 6.02. The quantitative estimate of drug-likeness (QED) is 0.242. The summed E-state index contributed by atoms with van der Waals surface area (Å²) >= 11 is 0. The second kappa shape index (κ2) is 12.2. The van der Waals surface area contributed by atoms with Crippen LogP contribution >= 0.6 is 0 Å². The molecule has 1 aromatic heterocycles. The van der Waals surface area contributed by atoms with E-state index in [1.54, 1.807) is 10.8 Å². The van der Waals surface area contributed by atoms with Crippen LogP contribution in [0.25, 0.3) is 23.0 Å². The van der Waals surface area contributed by atoms with E-state index in [-0.39, 0.29) is 11.7 Å². The van der Waals surface area contributed by atoms with Crippen LogP contribution in [-0.4, -0.2) is 41.6 Å². The highest BCUT2D eigenvalue weighted by atomic mass is 16.5. The number of hydrogen-bond donors (Lipinski definition) is 1. The van der Waals surface area contributed by atoms with Crippen molar-refractivity contribution in [2.45, 2.75) is 45.6 Å². The van der Waals surface area contributed by atoms with Crippen LogP contribution in [0.3, 0.4) is 0 Å². The molecule has 1 aliphatic rings. The zero-order chi connectivity index (χ0) is 25.3. The van der Waals surface area contributed by atoms with E-state index in [4.69, 9.17) is 14.6 Å². The summed E-state index contributed by atoms with van der Waals surface area (Å²) in [5.74, 6) is 0.431. The molecule has 3 aromatic rings. The summed E-state index contributed by atoms with van der Waals surface area (Å²) < 4.78 is 13.3. The minimum absolute atomic E-state index is 0.00585. The summed E-state index contributed by atoms with van der Waals surface area (Å²) in [7, 11) is 0. The minimum Gasteiger partial charge on any atom is -0.493 e. The van der Waals surface area contributed by atoms with E-state index in [9.17, 15) is 10.1 Å². The molecule has 1 aliphatic heterocycles. The zero-order valence-electron chi connectivity index (χ0n) is 20.9. The molecular weight excluding hydrogens is 452 g/mol. The molecule has 0 saturated carbocycles. The standard InChI is InChI=1S/C29H32N4O3/c1-3-4-14-36-27-13-12-22(16-21(27)2)28-24(20-33(32-28)25-9-6-5-7-10-25)17-23(18-30)29(34)31-19-26-11-8-15-35-26/h5-7,9-10,12-13,16-17,20,26H,3-4,8,11,14-15,19H2,1-2H3,(H,31,34). The maximum absolute atomic E-state index is 12.8. The van der Waals surface area contributed by atoms with E-state index in [0.717, 1.165) is 48.2 Å². The third-order valence-corrected chi connectivity index (χ3v) is 6.15. The van der Waals surface area contributed by atoms with Gasteiger partial charge in [0.05, 0.1) is 18.4 Å². The number of amides is 1. The van der Waals surface area contributed by atoms with Gasteiger partial charge in [-0.2, -0.15) is 10.4 Å². The lowest BCUT2D eigenvalue weighted by atomic mass is 10.0. The second-order valence-corrected chi connectivity index (χ2v) is 8.91. The summed E-state index contributed by atoms with van der Waals surface area (Å²) in [6, 6.07) is 17.7. The Morgan fingerprint density at radius 1 is 1.31 bits per heavy atom. The van der Waals surface area contributed by atoms with Gasteiger partial charge in [0, 0.05) is 30.5 Å². The topological polar surface area (TPSA) is 89.2 Å². The van der Waals surface area contributed by atoms with Gasteiger partial charge in [0.1, 0.15) is 23.1 Å². The molecule has 7 heteroatoms. The van der Waals surface area contributed by atoms with Crippen molar-refractivity contribution in [3.63, 3.8) is 0 Å². The lowest BCUT2D eigenvalue weighted by molar-refractivity contribution is -0.117. The first kappa shape index (κ1) is 25.2. The first-order chi connectivity index (χ1) is 17.6. The molecule has 186 valence electrons. The van der Waals surface area contributed by atoms with Crippen molar-refractivity contribution in [3.05, 3.63) is 71.4 Å². The zero-order valence-corrected chi connectivity index (χ0v) is 20.9. The van der Waals surface area contributed by atoms with Crippen molar-refractivity contribution in [1.82, 2.24) is 15.1 Å². The van der Waals surface area contributed by atoms with E-state index >= 15 is 0 Å². The molecule has 1 fully saturated rings. The number of para-hydroxylation sites is 1. The van der Waals surface area contributed by atoms with E-state index < -0.39 is 5.91 Å². The Kier molecular flexibility index (Phi) is 8.53. The fourth-order valence-corrected chi connectivity index (χ4v) is 4.13. The van der Waals surface area contributed by atoms with Crippen LogP contribution in [0.2, 0.25) is 0 Å². The van der Waals surface area contributed by atoms with Crippen LogP contribution in [-0.2, 0) is 9.53 Å². The van der Waals surface area contributed by atoms with Gasteiger partial charge in [-0.05, 0) is 68.2 Å². The Bertz CT molecular complexity index is 1250. The molecule has 0 bridgehead atoms. The molecule has 2 heterocycles. The third-order valence-electron chi connectivity index (χ3n) is 6.15. The van der Waals surface area contributed by atoms with E-state index in [1.807, 2.05) is 61.7 Å². The van der Waals surface area contributed by atoms with Crippen molar-refractivity contribution in [2.24, 2.45) is 0 Å². The summed E-state index contributed by atoms with van der Waals surface area (Å²) in [6.45, 7) is 5.93. The molecule has 0 aliphatic carbocycles. The third kappa shape index (κ3) is 6.21. The van der Waals surface area contributed by atoms with Gasteiger partial charge >= 0.3 is 0 Å². The Hall–Kier alpha value is -3.89. The number of unbranched alkanes of at least 4 members (excludes halogenated alkanes) is 1. The van der Waals surface area contributed by atoms with Gasteiger partial charge in [-0.15, -0.1) is 0 Å². The Labute approximate surface area is 212 Å². The number of carbonyl (C=O) groups is 1. The van der Waals surface area contributed by atoms with Crippen LogP contribution in [0, 0.1) is 18.3 Å². The Morgan fingerprint density at radius 3 is 2.83 bits per heavy atom. The van der Waals surface area contributed by atoms with Crippen molar-refractivity contribution < 1.29 is 14.3 Å².